The van der Waals surface area contributed by atoms with Gasteiger partial charge in [0.2, 0.25) is 6.79 Å². The SMILES string of the molecule is O=Cc1ccc(OCc2ccc3c(c2)OCO3)c(Br)c1. The van der Waals surface area contributed by atoms with E-state index in [4.69, 9.17) is 14.2 Å². The fourth-order valence-electron chi connectivity index (χ4n) is 1.90. The molecule has 1 heterocycles. The molecule has 0 amide bonds. The summed E-state index contributed by atoms with van der Waals surface area (Å²) in [4.78, 5) is 10.7. The highest BCUT2D eigenvalue weighted by atomic mass is 79.9. The van der Waals surface area contributed by atoms with Gasteiger partial charge in [-0.15, -0.1) is 0 Å². The van der Waals surface area contributed by atoms with Crippen LogP contribution in [0.25, 0.3) is 0 Å². The number of halogens is 1. The first kappa shape index (κ1) is 13.0. The smallest absolute Gasteiger partial charge is 0.231 e. The molecule has 1 aliphatic rings. The molecule has 0 aromatic heterocycles. The Hall–Kier alpha value is -2.01. The van der Waals surface area contributed by atoms with Crippen molar-refractivity contribution in [1.82, 2.24) is 0 Å². The topological polar surface area (TPSA) is 44.8 Å². The minimum atomic E-state index is 0.262. The number of benzene rings is 2. The summed E-state index contributed by atoms with van der Waals surface area (Å²) in [6.45, 7) is 0.675. The number of carbonyl (C=O) groups excluding carboxylic acids is 1. The third-order valence-electron chi connectivity index (χ3n) is 2.92. The first-order valence-corrected chi connectivity index (χ1v) is 6.81. The second-order valence-electron chi connectivity index (χ2n) is 4.28. The summed E-state index contributed by atoms with van der Waals surface area (Å²) < 4.78 is 17.1. The van der Waals surface area contributed by atoms with Crippen LogP contribution >= 0.6 is 15.9 Å². The Balaban J connectivity index is 1.72. The molecule has 2 aromatic rings. The normalized spacial score (nSPS) is 12.2. The molecule has 20 heavy (non-hydrogen) atoms. The van der Waals surface area contributed by atoms with Gasteiger partial charge in [-0.2, -0.15) is 0 Å². The average Bonchev–Trinajstić information content (AvgIpc) is 2.93. The highest BCUT2D eigenvalue weighted by Crippen LogP contribution is 2.33. The van der Waals surface area contributed by atoms with E-state index in [1.54, 1.807) is 18.2 Å². The molecule has 3 rings (SSSR count). The van der Waals surface area contributed by atoms with E-state index >= 15 is 0 Å². The maximum atomic E-state index is 10.7. The fourth-order valence-corrected chi connectivity index (χ4v) is 2.41. The van der Waals surface area contributed by atoms with E-state index in [1.807, 2.05) is 18.2 Å². The standard InChI is InChI=1S/C15H11BrO4/c16-12-5-10(7-17)1-3-13(12)18-8-11-2-4-14-15(6-11)20-9-19-14/h1-7H,8-9H2. The third kappa shape index (κ3) is 2.63. The monoisotopic (exact) mass is 334 g/mol. The zero-order chi connectivity index (χ0) is 13.9. The second-order valence-corrected chi connectivity index (χ2v) is 5.14. The number of ether oxygens (including phenoxy) is 3. The number of hydrogen-bond acceptors (Lipinski definition) is 4. The average molecular weight is 335 g/mol. The van der Waals surface area contributed by atoms with Crippen LogP contribution in [0.2, 0.25) is 0 Å². The summed E-state index contributed by atoms with van der Waals surface area (Å²) in [6.07, 6.45) is 0.798. The Kier molecular flexibility index (Phi) is 3.60. The van der Waals surface area contributed by atoms with Crippen LogP contribution in [0, 0.1) is 0 Å². The van der Waals surface area contributed by atoms with E-state index < -0.39 is 0 Å². The molecule has 5 heteroatoms. The Labute approximate surface area is 124 Å². The van der Waals surface area contributed by atoms with Crippen molar-refractivity contribution in [3.63, 3.8) is 0 Å². The van der Waals surface area contributed by atoms with Gasteiger partial charge in [-0.05, 0) is 51.8 Å². The minimum Gasteiger partial charge on any atom is -0.488 e. The minimum absolute atomic E-state index is 0.262. The van der Waals surface area contributed by atoms with Crippen LogP contribution < -0.4 is 14.2 Å². The molecule has 0 N–H and O–H groups in total. The molecule has 0 saturated heterocycles. The summed E-state index contributed by atoms with van der Waals surface area (Å²) in [7, 11) is 0. The highest BCUT2D eigenvalue weighted by molar-refractivity contribution is 9.10. The zero-order valence-corrected chi connectivity index (χ0v) is 12.1. The van der Waals surface area contributed by atoms with Gasteiger partial charge in [0.25, 0.3) is 0 Å². The number of rotatable bonds is 4. The van der Waals surface area contributed by atoms with Crippen molar-refractivity contribution in [2.75, 3.05) is 6.79 Å². The third-order valence-corrected chi connectivity index (χ3v) is 3.54. The molecule has 0 atom stereocenters. The lowest BCUT2D eigenvalue weighted by atomic mass is 10.2. The van der Waals surface area contributed by atoms with Gasteiger partial charge in [0.05, 0.1) is 4.47 Å². The van der Waals surface area contributed by atoms with E-state index in [9.17, 15) is 4.79 Å². The van der Waals surface area contributed by atoms with E-state index in [0.29, 0.717) is 17.9 Å². The van der Waals surface area contributed by atoms with Crippen LogP contribution in [0.4, 0.5) is 0 Å². The zero-order valence-electron chi connectivity index (χ0n) is 10.5. The van der Waals surface area contributed by atoms with Gasteiger partial charge >= 0.3 is 0 Å². The summed E-state index contributed by atoms with van der Waals surface area (Å²) in [5.41, 5.74) is 1.59. The van der Waals surface area contributed by atoms with Gasteiger partial charge in [0.15, 0.2) is 11.5 Å². The van der Waals surface area contributed by atoms with Crippen LogP contribution in [0.1, 0.15) is 15.9 Å². The molecule has 0 spiro atoms. The van der Waals surface area contributed by atoms with Gasteiger partial charge < -0.3 is 14.2 Å². The molecule has 0 fully saturated rings. The molecule has 0 saturated carbocycles. The van der Waals surface area contributed by atoms with Crippen LogP contribution in [0.3, 0.4) is 0 Å². The van der Waals surface area contributed by atoms with Crippen LogP contribution in [-0.2, 0) is 6.61 Å². The van der Waals surface area contributed by atoms with Crippen molar-refractivity contribution in [3.05, 3.63) is 52.0 Å². The fraction of sp³-hybridized carbons (Fsp3) is 0.133. The van der Waals surface area contributed by atoms with Gasteiger partial charge in [-0.1, -0.05) is 6.07 Å². The van der Waals surface area contributed by atoms with Crippen molar-refractivity contribution >= 4 is 22.2 Å². The molecular weight excluding hydrogens is 324 g/mol. The molecule has 2 aromatic carbocycles. The molecule has 0 unspecified atom stereocenters. The highest BCUT2D eigenvalue weighted by Gasteiger charge is 2.13. The van der Waals surface area contributed by atoms with Gasteiger partial charge in [-0.25, -0.2) is 0 Å². The number of aldehydes is 1. The molecule has 102 valence electrons. The summed E-state index contributed by atoms with van der Waals surface area (Å²) >= 11 is 3.38. The molecular formula is C15H11BrO4. The maximum absolute atomic E-state index is 10.7. The van der Waals surface area contributed by atoms with Crippen LogP contribution in [-0.4, -0.2) is 13.1 Å². The van der Waals surface area contributed by atoms with E-state index in [0.717, 1.165) is 27.8 Å². The lowest BCUT2D eigenvalue weighted by Crippen LogP contribution is -1.96. The summed E-state index contributed by atoms with van der Waals surface area (Å²) in [6, 6.07) is 10.9. The number of fused-ring (bicyclic) bond motifs is 1. The van der Waals surface area contributed by atoms with Gasteiger partial charge in [0.1, 0.15) is 18.6 Å². The molecule has 1 aliphatic heterocycles. The van der Waals surface area contributed by atoms with Crippen molar-refractivity contribution in [3.8, 4) is 17.2 Å². The van der Waals surface area contributed by atoms with E-state index in [-0.39, 0.29) is 6.79 Å². The van der Waals surface area contributed by atoms with Crippen LogP contribution in [0.5, 0.6) is 17.2 Å². The van der Waals surface area contributed by atoms with Gasteiger partial charge in [-0.3, -0.25) is 4.79 Å². The number of carbonyl (C=O) groups is 1. The lowest BCUT2D eigenvalue weighted by molar-refractivity contribution is 0.112. The van der Waals surface area contributed by atoms with Crippen molar-refractivity contribution < 1.29 is 19.0 Å². The Morgan fingerprint density at radius 1 is 1.15 bits per heavy atom. The largest absolute Gasteiger partial charge is 0.488 e. The molecule has 4 nitrogen and oxygen atoms in total. The first-order valence-electron chi connectivity index (χ1n) is 6.02. The second kappa shape index (κ2) is 5.54. The summed E-state index contributed by atoms with van der Waals surface area (Å²) in [5, 5.41) is 0. The van der Waals surface area contributed by atoms with Crippen molar-refractivity contribution in [2.24, 2.45) is 0 Å². The number of hydrogen-bond donors (Lipinski definition) is 0. The first-order chi connectivity index (χ1) is 9.76. The molecule has 0 bridgehead atoms. The molecule has 0 aliphatic carbocycles. The molecule has 0 radical (unpaired) electrons. The predicted molar refractivity (Wildman–Crippen MR) is 76.4 cm³/mol. The Morgan fingerprint density at radius 3 is 2.80 bits per heavy atom. The van der Waals surface area contributed by atoms with E-state index in [1.165, 1.54) is 0 Å². The van der Waals surface area contributed by atoms with Crippen LogP contribution in [0.15, 0.2) is 40.9 Å². The van der Waals surface area contributed by atoms with Crippen molar-refractivity contribution in [2.45, 2.75) is 6.61 Å². The van der Waals surface area contributed by atoms with E-state index in [2.05, 4.69) is 15.9 Å². The summed E-state index contributed by atoms with van der Waals surface area (Å²) in [5.74, 6) is 2.18. The Bertz CT molecular complexity index is 654. The predicted octanol–water partition coefficient (Wildman–Crippen LogP) is 3.57. The Morgan fingerprint density at radius 2 is 2.00 bits per heavy atom. The maximum Gasteiger partial charge on any atom is 0.231 e. The lowest BCUT2D eigenvalue weighted by Gasteiger charge is -2.09. The van der Waals surface area contributed by atoms with Gasteiger partial charge in [0, 0.05) is 5.56 Å². The van der Waals surface area contributed by atoms with Crippen molar-refractivity contribution in [1.29, 1.82) is 0 Å². The quantitative estimate of drug-likeness (QED) is 0.802.